The summed E-state index contributed by atoms with van der Waals surface area (Å²) in [6.07, 6.45) is 26.8. The second-order valence-electron chi connectivity index (χ2n) is 16.0. The van der Waals surface area contributed by atoms with Crippen molar-refractivity contribution in [2.24, 2.45) is 0 Å². The van der Waals surface area contributed by atoms with Crippen LogP contribution in [0.2, 0.25) is 0 Å². The van der Waals surface area contributed by atoms with Crippen LogP contribution in [0.1, 0.15) is 130 Å². The molecule has 3 aliphatic rings. The molecule has 1 heterocycles. The number of nitrogens with zero attached hydrogens (tertiary/aromatic N) is 2. The van der Waals surface area contributed by atoms with Crippen LogP contribution in [0, 0.1) is 46.7 Å². The molecule has 3 fully saturated rings. The third kappa shape index (κ3) is 9.58. The summed E-state index contributed by atoms with van der Waals surface area (Å²) >= 11 is 0.129. The Labute approximate surface area is 342 Å². The Kier molecular flexibility index (Phi) is 16.9. The number of halogens is 2. The minimum atomic E-state index is -1.61. The summed E-state index contributed by atoms with van der Waals surface area (Å²) in [5.41, 5.74) is 14.1. The molecule has 3 aliphatic carbocycles. The van der Waals surface area contributed by atoms with Gasteiger partial charge in [-0.1, -0.05) is 100 Å². The molecule has 4 aromatic rings. The number of hydrogen-bond donors (Lipinski definition) is 0. The molecular formula is C47H64Cl2N2PRu. The van der Waals surface area contributed by atoms with Crippen LogP contribution < -0.4 is 29.0 Å². The molecular weight excluding hydrogens is 795 g/mol. The predicted molar refractivity (Wildman–Crippen MR) is 221 cm³/mol. The number of hydrogen-bond acceptors (Lipinski definition) is 0. The van der Waals surface area contributed by atoms with Crippen LogP contribution in [0.3, 0.4) is 0 Å². The molecule has 0 radical (unpaired) electrons. The van der Waals surface area contributed by atoms with E-state index in [1.165, 1.54) is 145 Å². The monoisotopic (exact) mass is 859 g/mol. The second kappa shape index (κ2) is 20.4. The third-order valence-corrected chi connectivity index (χ3v) is 20.0. The Morgan fingerprint density at radius 3 is 1.21 bits per heavy atom. The number of rotatable bonds is 6. The van der Waals surface area contributed by atoms with Gasteiger partial charge in [0, 0.05) is 12.4 Å². The summed E-state index contributed by atoms with van der Waals surface area (Å²) in [6.45, 7) is 16.0. The van der Waals surface area contributed by atoms with Gasteiger partial charge in [-0.2, -0.15) is 0 Å². The first-order chi connectivity index (χ1) is 24.7. The van der Waals surface area contributed by atoms with Crippen molar-refractivity contribution in [3.8, 4) is 11.4 Å². The molecule has 0 atom stereocenters. The Morgan fingerprint density at radius 1 is 0.547 bits per heavy atom. The zero-order valence-corrected chi connectivity index (χ0v) is 37.5. The van der Waals surface area contributed by atoms with E-state index in [0.717, 1.165) is 17.0 Å². The summed E-state index contributed by atoms with van der Waals surface area (Å²) in [6, 6.07) is 20.0. The molecule has 7 rings (SSSR count). The number of aromatic nitrogens is 2. The first-order valence-electron chi connectivity index (χ1n) is 20.1. The van der Waals surface area contributed by atoms with E-state index in [4.69, 9.17) is 0 Å². The largest absolute Gasteiger partial charge is 1.00 e. The molecule has 3 aromatic carbocycles. The maximum atomic E-state index is 3.57. The van der Waals surface area contributed by atoms with Crippen molar-refractivity contribution in [1.29, 1.82) is 0 Å². The summed E-state index contributed by atoms with van der Waals surface area (Å²) < 4.78 is 9.88. The molecule has 1 aromatic heterocycles. The van der Waals surface area contributed by atoms with Gasteiger partial charge in [0.2, 0.25) is 0 Å². The molecule has 0 unspecified atom stereocenters. The van der Waals surface area contributed by atoms with Gasteiger partial charge >= 0.3 is 62.0 Å². The van der Waals surface area contributed by atoms with Crippen LogP contribution in [-0.2, 0) is 16.7 Å². The molecule has 0 saturated heterocycles. The van der Waals surface area contributed by atoms with E-state index in [1.807, 2.05) is 18.2 Å². The Hall–Kier alpha value is -1.85. The molecule has 0 spiro atoms. The van der Waals surface area contributed by atoms with Crippen LogP contribution in [-0.4, -0.2) is 30.4 Å². The fourth-order valence-corrected chi connectivity index (χ4v) is 19.1. The summed E-state index contributed by atoms with van der Waals surface area (Å²) in [4.78, 5) is 0. The van der Waals surface area contributed by atoms with Gasteiger partial charge in [0.15, 0.2) is 0 Å². The minimum absolute atomic E-state index is 0. The summed E-state index contributed by atoms with van der Waals surface area (Å²) in [7, 11) is 0. The Balaban J connectivity index is 0.000000501. The van der Waals surface area contributed by atoms with Gasteiger partial charge in [-0.15, -0.1) is 0 Å². The summed E-state index contributed by atoms with van der Waals surface area (Å²) in [5.74, 6) is 0. The normalized spacial score (nSPS) is 17.1. The smallest absolute Gasteiger partial charge is 0.117 e. The van der Waals surface area contributed by atoms with Gasteiger partial charge in [-0.3, -0.25) is 0 Å². The van der Waals surface area contributed by atoms with Crippen molar-refractivity contribution < 1.29 is 41.5 Å². The van der Waals surface area contributed by atoms with Gasteiger partial charge in [-0.05, 0) is 119 Å². The second-order valence-corrected chi connectivity index (χ2v) is 22.4. The molecule has 0 aliphatic heterocycles. The van der Waals surface area contributed by atoms with Gasteiger partial charge in [0.05, 0.1) is 11.4 Å². The van der Waals surface area contributed by atoms with Crippen molar-refractivity contribution in [3.05, 3.63) is 112 Å². The first kappa shape index (κ1) is 43.9. The van der Waals surface area contributed by atoms with E-state index in [-0.39, 0.29) is 41.5 Å². The van der Waals surface area contributed by atoms with Crippen molar-refractivity contribution in [2.45, 2.75) is 155 Å². The number of benzene rings is 3. The van der Waals surface area contributed by atoms with Crippen LogP contribution >= 0.6 is 6.89 Å². The quantitative estimate of drug-likeness (QED) is 0.152. The number of aryl methyl sites for hydroxylation is 6. The molecule has 53 heavy (non-hydrogen) atoms. The molecule has 289 valence electrons. The van der Waals surface area contributed by atoms with Crippen molar-refractivity contribution >= 4 is 15.3 Å². The van der Waals surface area contributed by atoms with Crippen molar-refractivity contribution in [2.75, 3.05) is 0 Å². The van der Waals surface area contributed by atoms with E-state index in [9.17, 15) is 0 Å². The zero-order chi connectivity index (χ0) is 36.0. The van der Waals surface area contributed by atoms with Crippen LogP contribution in [0.25, 0.3) is 11.4 Å². The fraction of sp³-hybridized carbons (Fsp3) is 0.511. The maximum Gasteiger partial charge on any atom is 0.117 e. The van der Waals surface area contributed by atoms with Gasteiger partial charge in [0.1, 0.15) is 5.20 Å². The van der Waals surface area contributed by atoms with E-state index >= 15 is 0 Å². The SMILES string of the molecule is C=[C]=[Ru+2][c]1ccccc1.Cc1cc(C)c(-n2ccn(-c3c(C)cc(C)cc3C)c2=P(C2CCCCC2)(C2CCCCC2)C2CCCCC2)c(C)c1.[Cl-].[Cl-]. The molecule has 0 N–H and O–H groups in total. The molecule has 0 amide bonds. The fourth-order valence-electron chi connectivity index (χ4n) is 10.7. The standard InChI is InChI=1S/C39H57N2P.C6H5.C2H2.2ClH.Ru/c1-28-24-30(3)37(31(4)25-28)40-22-23-41(38-32(5)26-29(2)27-33(38)6)39(40)42(34-16-10-7-11-17-34,35-18-12-8-13-19-35)36-20-14-9-15-21-36;1-2-4-6-5-3-1;1-2;;;/h22-27,34-36H,7-21H2,1-6H3;1-5H;1H2;2*1H;/q;;;;;+2/p-2. The van der Waals surface area contributed by atoms with E-state index < -0.39 is 6.89 Å². The van der Waals surface area contributed by atoms with Gasteiger partial charge in [-0.25, -0.2) is 0 Å². The average molecular weight is 860 g/mol. The molecule has 0 bridgehead atoms. The molecule has 6 heteroatoms. The average Bonchev–Trinajstić information content (AvgIpc) is 3.54. The minimum Gasteiger partial charge on any atom is -1.00 e. The number of imidazole rings is 1. The van der Waals surface area contributed by atoms with E-state index in [1.54, 1.807) is 5.20 Å². The Morgan fingerprint density at radius 2 is 0.887 bits per heavy atom. The third-order valence-electron chi connectivity index (χ3n) is 12.3. The van der Waals surface area contributed by atoms with Crippen molar-refractivity contribution in [1.82, 2.24) is 9.13 Å². The molecule has 2 nitrogen and oxygen atoms in total. The van der Waals surface area contributed by atoms with Crippen LogP contribution in [0.15, 0.2) is 73.6 Å². The van der Waals surface area contributed by atoms with Gasteiger partial charge < -0.3 is 33.9 Å². The Bertz CT molecular complexity index is 1760. The maximum absolute atomic E-state index is 3.57. The van der Waals surface area contributed by atoms with Gasteiger partial charge in [0.25, 0.3) is 0 Å². The summed E-state index contributed by atoms with van der Waals surface area (Å²) in [5, 5.41) is 1.75. The van der Waals surface area contributed by atoms with E-state index in [2.05, 4.69) is 110 Å². The van der Waals surface area contributed by atoms with Crippen LogP contribution in [0.4, 0.5) is 0 Å². The van der Waals surface area contributed by atoms with E-state index in [0.29, 0.717) is 0 Å². The van der Waals surface area contributed by atoms with Crippen molar-refractivity contribution in [3.63, 3.8) is 0 Å². The zero-order valence-electron chi connectivity index (χ0n) is 33.3. The first-order valence-corrected chi connectivity index (χ1v) is 23.9. The molecule has 3 saturated carbocycles. The topological polar surface area (TPSA) is 9.86 Å². The van der Waals surface area contributed by atoms with Crippen LogP contribution in [0.5, 0.6) is 0 Å². The predicted octanol–water partition coefficient (Wildman–Crippen LogP) is 6.66.